The molecule has 0 aromatic carbocycles. The first kappa shape index (κ1) is 21.1. The molecule has 1 saturated carbocycles. The van der Waals surface area contributed by atoms with Gasteiger partial charge in [-0.2, -0.15) is 0 Å². The fraction of sp³-hybridized carbons (Fsp3) is 0.783. The molecule has 0 bridgehead atoms. The quantitative estimate of drug-likeness (QED) is 0.742. The normalized spacial score (nSPS) is 33.0. The van der Waals surface area contributed by atoms with Crippen molar-refractivity contribution < 1.29 is 9.53 Å². The number of carbonyl (C=O) groups is 1. The van der Waals surface area contributed by atoms with Crippen molar-refractivity contribution in [2.24, 2.45) is 11.3 Å². The second kappa shape index (κ2) is 9.38. The molecule has 31 heavy (non-hydrogen) atoms. The van der Waals surface area contributed by atoms with Gasteiger partial charge < -0.3 is 20.3 Å². The molecule has 5 rings (SSSR count). The van der Waals surface area contributed by atoms with E-state index in [0.717, 1.165) is 97.0 Å². The lowest BCUT2D eigenvalue weighted by atomic mass is 9.61. The van der Waals surface area contributed by atoms with E-state index in [4.69, 9.17) is 4.74 Å². The molecule has 3 aliphatic heterocycles. The molecule has 1 aliphatic carbocycles. The van der Waals surface area contributed by atoms with E-state index in [1.165, 1.54) is 0 Å². The number of rotatable bonds is 4. The fourth-order valence-corrected chi connectivity index (χ4v) is 6.18. The molecule has 4 fully saturated rings. The maximum atomic E-state index is 13.6. The molecule has 1 aromatic heterocycles. The van der Waals surface area contributed by atoms with Gasteiger partial charge in [-0.1, -0.05) is 0 Å². The molecule has 3 saturated heterocycles. The number of piperidine rings is 2. The van der Waals surface area contributed by atoms with Gasteiger partial charge in [0.15, 0.2) is 0 Å². The largest absolute Gasteiger partial charge is 0.379 e. The summed E-state index contributed by atoms with van der Waals surface area (Å²) < 4.78 is 5.55. The fourth-order valence-electron chi connectivity index (χ4n) is 6.18. The van der Waals surface area contributed by atoms with Crippen LogP contribution in [-0.4, -0.2) is 85.3 Å². The Kier molecular flexibility index (Phi) is 6.39. The summed E-state index contributed by atoms with van der Waals surface area (Å²) in [6, 6.07) is 2.71. The Morgan fingerprint density at radius 1 is 1.10 bits per heavy atom. The van der Waals surface area contributed by atoms with Gasteiger partial charge in [-0.05, 0) is 57.1 Å². The van der Waals surface area contributed by atoms with Crippen molar-refractivity contribution in [1.29, 1.82) is 0 Å². The molecule has 0 spiro atoms. The van der Waals surface area contributed by atoms with Crippen LogP contribution in [0.3, 0.4) is 0 Å². The van der Waals surface area contributed by atoms with Gasteiger partial charge in [-0.3, -0.25) is 9.69 Å². The van der Waals surface area contributed by atoms with Gasteiger partial charge in [-0.25, -0.2) is 9.97 Å². The standard InChI is InChI=1S/C23H36N6O2/c30-21(27-19-4-10-29(11-5-19)22-25-7-1-8-26-22)23-6-2-20(28-12-14-31-15-13-28)16-18(23)3-9-24-17-23/h1,7-8,18-20,24H,2-6,9-17H2,(H,27,30)/t18-,20?,23-/m1/s1. The number of nitrogens with zero attached hydrogens (tertiary/aromatic N) is 4. The molecule has 4 heterocycles. The average Bonchev–Trinajstić information content (AvgIpc) is 2.85. The van der Waals surface area contributed by atoms with Crippen LogP contribution in [0.5, 0.6) is 0 Å². The number of aromatic nitrogens is 2. The van der Waals surface area contributed by atoms with Crippen LogP contribution >= 0.6 is 0 Å². The van der Waals surface area contributed by atoms with Crippen LogP contribution in [0.1, 0.15) is 38.5 Å². The Labute approximate surface area is 185 Å². The third kappa shape index (κ3) is 4.43. The van der Waals surface area contributed by atoms with Gasteiger partial charge in [0.2, 0.25) is 11.9 Å². The first-order valence-electron chi connectivity index (χ1n) is 12.1. The number of carbonyl (C=O) groups excluding carboxylic acids is 1. The highest BCUT2D eigenvalue weighted by atomic mass is 16.5. The molecule has 3 atom stereocenters. The summed E-state index contributed by atoms with van der Waals surface area (Å²) in [5, 5.41) is 7.01. The third-order valence-corrected chi connectivity index (χ3v) is 8.05. The first-order chi connectivity index (χ1) is 15.2. The van der Waals surface area contributed by atoms with Crippen LogP contribution in [0.4, 0.5) is 5.95 Å². The summed E-state index contributed by atoms with van der Waals surface area (Å²) in [4.78, 5) is 27.2. The maximum absolute atomic E-state index is 13.6. The highest BCUT2D eigenvalue weighted by Crippen LogP contribution is 2.46. The van der Waals surface area contributed by atoms with Crippen LogP contribution in [0.25, 0.3) is 0 Å². The van der Waals surface area contributed by atoms with Gasteiger partial charge in [-0.15, -0.1) is 0 Å². The van der Waals surface area contributed by atoms with E-state index in [1.807, 2.05) is 6.07 Å². The van der Waals surface area contributed by atoms with Crippen LogP contribution in [-0.2, 0) is 9.53 Å². The molecule has 2 N–H and O–H groups in total. The van der Waals surface area contributed by atoms with E-state index in [9.17, 15) is 4.79 Å². The Morgan fingerprint density at radius 2 is 1.87 bits per heavy atom. The molecule has 8 heteroatoms. The van der Waals surface area contributed by atoms with Crippen molar-refractivity contribution in [3.05, 3.63) is 18.5 Å². The second-order valence-electron chi connectivity index (χ2n) is 9.68. The highest BCUT2D eigenvalue weighted by molar-refractivity contribution is 5.84. The number of hydrogen-bond donors (Lipinski definition) is 2. The van der Waals surface area contributed by atoms with Gasteiger partial charge in [0, 0.05) is 57.2 Å². The first-order valence-corrected chi connectivity index (χ1v) is 12.1. The van der Waals surface area contributed by atoms with Crippen LogP contribution in [0.15, 0.2) is 18.5 Å². The number of anilines is 1. The molecule has 1 unspecified atom stereocenters. The van der Waals surface area contributed by atoms with E-state index in [1.54, 1.807) is 12.4 Å². The summed E-state index contributed by atoms with van der Waals surface area (Å²) >= 11 is 0. The second-order valence-corrected chi connectivity index (χ2v) is 9.68. The topological polar surface area (TPSA) is 82.6 Å². The van der Waals surface area contributed by atoms with E-state index in [0.29, 0.717) is 17.9 Å². The van der Waals surface area contributed by atoms with Gasteiger partial charge in [0.1, 0.15) is 0 Å². The predicted molar refractivity (Wildman–Crippen MR) is 119 cm³/mol. The predicted octanol–water partition coefficient (Wildman–Crippen LogP) is 1.04. The monoisotopic (exact) mass is 428 g/mol. The number of ether oxygens (including phenoxy) is 1. The molecule has 0 radical (unpaired) electrons. The number of fused-ring (bicyclic) bond motifs is 1. The molecular weight excluding hydrogens is 392 g/mol. The molecule has 8 nitrogen and oxygen atoms in total. The number of morpholine rings is 1. The Bertz CT molecular complexity index is 735. The minimum Gasteiger partial charge on any atom is -0.379 e. The lowest BCUT2D eigenvalue weighted by molar-refractivity contribution is -0.141. The zero-order valence-corrected chi connectivity index (χ0v) is 18.5. The van der Waals surface area contributed by atoms with Gasteiger partial charge >= 0.3 is 0 Å². The van der Waals surface area contributed by atoms with E-state index >= 15 is 0 Å². The maximum Gasteiger partial charge on any atom is 0.228 e. The van der Waals surface area contributed by atoms with Crippen molar-refractivity contribution in [2.45, 2.75) is 50.6 Å². The van der Waals surface area contributed by atoms with Crippen LogP contribution < -0.4 is 15.5 Å². The van der Waals surface area contributed by atoms with E-state index < -0.39 is 0 Å². The van der Waals surface area contributed by atoms with Gasteiger partial charge in [0.05, 0.1) is 18.6 Å². The zero-order valence-electron chi connectivity index (χ0n) is 18.5. The highest BCUT2D eigenvalue weighted by Gasteiger charge is 2.51. The Balaban J connectivity index is 1.19. The summed E-state index contributed by atoms with van der Waals surface area (Å²) in [5.74, 6) is 1.57. The van der Waals surface area contributed by atoms with Crippen LogP contribution in [0.2, 0.25) is 0 Å². The third-order valence-electron chi connectivity index (χ3n) is 8.05. The van der Waals surface area contributed by atoms with E-state index in [-0.39, 0.29) is 11.5 Å². The molecular formula is C23H36N6O2. The Morgan fingerprint density at radius 3 is 2.65 bits per heavy atom. The van der Waals surface area contributed by atoms with Crippen LogP contribution in [0, 0.1) is 11.3 Å². The minimum absolute atomic E-state index is 0.235. The lowest BCUT2D eigenvalue weighted by Gasteiger charge is -2.51. The summed E-state index contributed by atoms with van der Waals surface area (Å²) in [7, 11) is 0. The zero-order chi connectivity index (χ0) is 21.1. The SMILES string of the molecule is O=C(NC1CCN(c2ncccn2)CC1)[C@@]12CCC(N3CCOCC3)C[C@H]1CCNC2. The average molecular weight is 429 g/mol. The number of amides is 1. The molecule has 4 aliphatic rings. The van der Waals surface area contributed by atoms with E-state index in [2.05, 4.69) is 30.4 Å². The smallest absolute Gasteiger partial charge is 0.228 e. The molecule has 170 valence electrons. The summed E-state index contributed by atoms with van der Waals surface area (Å²) in [6.07, 6.45) is 9.86. The van der Waals surface area contributed by atoms with Crippen molar-refractivity contribution in [2.75, 3.05) is 57.4 Å². The molecule has 1 amide bonds. The number of hydrogen-bond acceptors (Lipinski definition) is 7. The summed E-state index contributed by atoms with van der Waals surface area (Å²) in [6.45, 7) is 7.42. The summed E-state index contributed by atoms with van der Waals surface area (Å²) in [5.41, 5.74) is -0.235. The van der Waals surface area contributed by atoms with Crippen molar-refractivity contribution >= 4 is 11.9 Å². The lowest BCUT2D eigenvalue weighted by Crippen LogP contribution is -2.61. The number of nitrogens with one attached hydrogen (secondary N) is 2. The van der Waals surface area contributed by atoms with Gasteiger partial charge in [0.25, 0.3) is 0 Å². The minimum atomic E-state index is -0.235. The molecule has 1 aromatic rings. The van der Waals surface area contributed by atoms with Crippen molar-refractivity contribution in [3.8, 4) is 0 Å². The van der Waals surface area contributed by atoms with Crippen molar-refractivity contribution in [1.82, 2.24) is 25.5 Å². The Hall–Kier alpha value is -1.77. The van der Waals surface area contributed by atoms with Crippen molar-refractivity contribution in [3.63, 3.8) is 0 Å².